The maximum atomic E-state index is 4.32. The molecule has 0 amide bonds. The Kier molecular flexibility index (Phi) is 6.68. The second kappa shape index (κ2) is 8.06. The molecule has 0 saturated heterocycles. The first kappa shape index (κ1) is 14.9. The summed E-state index contributed by atoms with van der Waals surface area (Å²) in [4.78, 5) is 8.86. The smallest absolute Gasteiger partial charge is 0.126 e. The Morgan fingerprint density at radius 1 is 1.22 bits per heavy atom. The lowest BCUT2D eigenvalue weighted by atomic mass is 10.2. The Bertz CT molecular complexity index is 338. The van der Waals surface area contributed by atoms with E-state index < -0.39 is 0 Å². The van der Waals surface area contributed by atoms with Crippen LogP contribution in [0.4, 0.5) is 5.82 Å². The van der Waals surface area contributed by atoms with Crippen LogP contribution in [0.15, 0.2) is 18.3 Å². The Balaban J connectivity index is 2.45. The largest absolute Gasteiger partial charge is 0.370 e. The van der Waals surface area contributed by atoms with Crippen molar-refractivity contribution in [1.82, 2.24) is 14.8 Å². The lowest BCUT2D eigenvalue weighted by Gasteiger charge is -2.19. The number of aromatic nitrogens is 1. The average Bonchev–Trinajstić information content (AvgIpc) is 2.34. The lowest BCUT2D eigenvalue weighted by Crippen LogP contribution is -2.28. The first-order valence-corrected chi connectivity index (χ1v) is 6.64. The molecule has 4 nitrogen and oxygen atoms in total. The molecule has 0 aliphatic rings. The van der Waals surface area contributed by atoms with Gasteiger partial charge in [-0.2, -0.15) is 0 Å². The number of likely N-dealkylation sites (N-methyl/N-ethyl adjacent to an activating group) is 2. The van der Waals surface area contributed by atoms with Crippen LogP contribution >= 0.6 is 0 Å². The van der Waals surface area contributed by atoms with Gasteiger partial charge in [-0.05, 0) is 45.3 Å². The first-order valence-electron chi connectivity index (χ1n) is 6.64. The van der Waals surface area contributed by atoms with E-state index in [-0.39, 0.29) is 0 Å². The average molecular weight is 250 g/mol. The van der Waals surface area contributed by atoms with Crippen LogP contribution in [0.25, 0.3) is 0 Å². The van der Waals surface area contributed by atoms with E-state index in [1.165, 1.54) is 5.56 Å². The molecule has 0 saturated carbocycles. The first-order chi connectivity index (χ1) is 8.61. The fraction of sp³-hybridized carbons (Fsp3) is 0.643. The molecule has 0 aliphatic heterocycles. The minimum atomic E-state index is 0.969. The third kappa shape index (κ3) is 5.98. The Morgan fingerprint density at radius 3 is 2.67 bits per heavy atom. The third-order valence-corrected chi connectivity index (χ3v) is 2.76. The van der Waals surface area contributed by atoms with Crippen molar-refractivity contribution in [3.05, 3.63) is 23.9 Å². The van der Waals surface area contributed by atoms with Gasteiger partial charge in [0.05, 0.1) is 0 Å². The molecule has 1 N–H and O–H groups in total. The molecule has 0 aliphatic carbocycles. The second-order valence-electron chi connectivity index (χ2n) is 5.02. The van der Waals surface area contributed by atoms with E-state index in [0.29, 0.717) is 0 Å². The molecule has 1 aromatic heterocycles. The van der Waals surface area contributed by atoms with Crippen molar-refractivity contribution in [1.29, 1.82) is 0 Å². The van der Waals surface area contributed by atoms with Crippen molar-refractivity contribution in [2.45, 2.75) is 19.9 Å². The molecule has 4 heteroatoms. The van der Waals surface area contributed by atoms with E-state index in [1.807, 2.05) is 6.20 Å². The molecule has 1 aromatic rings. The van der Waals surface area contributed by atoms with E-state index >= 15 is 0 Å². The van der Waals surface area contributed by atoms with Crippen molar-refractivity contribution in [2.24, 2.45) is 0 Å². The summed E-state index contributed by atoms with van der Waals surface area (Å²) in [5.74, 6) is 0.982. The topological polar surface area (TPSA) is 31.4 Å². The molecule has 0 unspecified atom stereocenters. The summed E-state index contributed by atoms with van der Waals surface area (Å²) in [7, 11) is 6.36. The summed E-state index contributed by atoms with van der Waals surface area (Å²) in [6, 6.07) is 4.23. The summed E-state index contributed by atoms with van der Waals surface area (Å²) in [6.45, 7) is 6.27. The van der Waals surface area contributed by atoms with Gasteiger partial charge >= 0.3 is 0 Å². The lowest BCUT2D eigenvalue weighted by molar-refractivity contribution is 0.276. The van der Waals surface area contributed by atoms with Crippen LogP contribution in [-0.2, 0) is 6.54 Å². The zero-order chi connectivity index (χ0) is 13.4. The van der Waals surface area contributed by atoms with Crippen LogP contribution in [0, 0.1) is 0 Å². The molecule has 1 rings (SSSR count). The van der Waals surface area contributed by atoms with Gasteiger partial charge in [-0.15, -0.1) is 0 Å². The predicted molar refractivity (Wildman–Crippen MR) is 77.9 cm³/mol. The third-order valence-electron chi connectivity index (χ3n) is 2.76. The molecule has 0 bridgehead atoms. The Morgan fingerprint density at radius 2 is 2.00 bits per heavy atom. The van der Waals surface area contributed by atoms with Gasteiger partial charge in [0.1, 0.15) is 5.82 Å². The molecule has 0 spiro atoms. The zero-order valence-electron chi connectivity index (χ0n) is 12.1. The minimum Gasteiger partial charge on any atom is -0.370 e. The van der Waals surface area contributed by atoms with Gasteiger partial charge in [-0.3, -0.25) is 0 Å². The van der Waals surface area contributed by atoms with E-state index in [2.05, 4.69) is 60.3 Å². The zero-order valence-corrected chi connectivity index (χ0v) is 12.1. The molecule has 0 atom stereocenters. The van der Waals surface area contributed by atoms with Gasteiger partial charge in [0.15, 0.2) is 0 Å². The fourth-order valence-electron chi connectivity index (χ4n) is 1.68. The fourth-order valence-corrected chi connectivity index (χ4v) is 1.68. The van der Waals surface area contributed by atoms with E-state index in [9.17, 15) is 0 Å². The highest BCUT2D eigenvalue weighted by Crippen LogP contribution is 2.08. The molecule has 102 valence electrons. The number of hydrogen-bond acceptors (Lipinski definition) is 4. The predicted octanol–water partition coefficient (Wildman–Crippen LogP) is 1.90. The Hall–Kier alpha value is -1.13. The number of hydrogen-bond donors (Lipinski definition) is 1. The van der Waals surface area contributed by atoms with Gasteiger partial charge in [0.2, 0.25) is 0 Å². The van der Waals surface area contributed by atoms with Gasteiger partial charge in [0, 0.05) is 32.4 Å². The highest BCUT2D eigenvalue weighted by molar-refractivity contribution is 5.37. The van der Waals surface area contributed by atoms with Gasteiger partial charge in [0.25, 0.3) is 0 Å². The van der Waals surface area contributed by atoms with Crippen molar-refractivity contribution in [3.8, 4) is 0 Å². The number of nitrogens with one attached hydrogen (secondary N) is 1. The molecule has 1 heterocycles. The van der Waals surface area contributed by atoms with Gasteiger partial charge in [-0.1, -0.05) is 6.92 Å². The van der Waals surface area contributed by atoms with E-state index in [0.717, 1.165) is 38.4 Å². The maximum absolute atomic E-state index is 4.32. The van der Waals surface area contributed by atoms with Gasteiger partial charge in [-0.25, -0.2) is 4.98 Å². The summed E-state index contributed by atoms with van der Waals surface area (Å²) < 4.78 is 0. The van der Waals surface area contributed by atoms with Crippen molar-refractivity contribution >= 4 is 5.82 Å². The molecular formula is C14H26N4. The molecule has 0 aromatic carbocycles. The van der Waals surface area contributed by atoms with Crippen molar-refractivity contribution < 1.29 is 0 Å². The summed E-state index contributed by atoms with van der Waals surface area (Å²) in [6.07, 6.45) is 3.00. The quantitative estimate of drug-likeness (QED) is 0.763. The van der Waals surface area contributed by atoms with Crippen LogP contribution in [0.1, 0.15) is 18.9 Å². The number of anilines is 1. The summed E-state index contributed by atoms with van der Waals surface area (Å²) in [5.41, 5.74) is 1.31. The molecule has 18 heavy (non-hydrogen) atoms. The van der Waals surface area contributed by atoms with Crippen LogP contribution in [0.3, 0.4) is 0 Å². The SMILES string of the molecule is CCCNc1cc(CN(C)CCN(C)C)ccn1. The van der Waals surface area contributed by atoms with E-state index in [1.54, 1.807) is 0 Å². The number of nitrogens with zero attached hydrogens (tertiary/aromatic N) is 3. The van der Waals surface area contributed by atoms with Crippen LogP contribution in [-0.4, -0.2) is 55.6 Å². The Labute approximate surface area is 111 Å². The maximum Gasteiger partial charge on any atom is 0.126 e. The highest BCUT2D eigenvalue weighted by atomic mass is 15.1. The molecular weight excluding hydrogens is 224 g/mol. The normalized spacial score (nSPS) is 11.2. The monoisotopic (exact) mass is 250 g/mol. The second-order valence-corrected chi connectivity index (χ2v) is 5.02. The standard InChI is InChI=1S/C14H26N4/c1-5-7-15-14-11-13(6-8-16-14)12-18(4)10-9-17(2)3/h6,8,11H,5,7,9-10,12H2,1-4H3,(H,15,16). The molecule has 0 radical (unpaired) electrons. The van der Waals surface area contributed by atoms with Crippen LogP contribution < -0.4 is 5.32 Å². The van der Waals surface area contributed by atoms with Crippen LogP contribution in [0.2, 0.25) is 0 Å². The minimum absolute atomic E-state index is 0.969. The number of pyridine rings is 1. The van der Waals surface area contributed by atoms with E-state index in [4.69, 9.17) is 0 Å². The number of rotatable bonds is 8. The van der Waals surface area contributed by atoms with Gasteiger partial charge < -0.3 is 15.1 Å². The van der Waals surface area contributed by atoms with Crippen molar-refractivity contribution in [2.75, 3.05) is 46.1 Å². The summed E-state index contributed by atoms with van der Waals surface area (Å²) >= 11 is 0. The van der Waals surface area contributed by atoms with Crippen molar-refractivity contribution in [3.63, 3.8) is 0 Å². The van der Waals surface area contributed by atoms with Crippen LogP contribution in [0.5, 0.6) is 0 Å². The summed E-state index contributed by atoms with van der Waals surface area (Å²) in [5, 5.41) is 3.32. The highest BCUT2D eigenvalue weighted by Gasteiger charge is 2.02. The molecule has 0 fully saturated rings.